The Kier molecular flexibility index (Phi) is 3.91. The van der Waals surface area contributed by atoms with Gasteiger partial charge in [-0.2, -0.15) is 0 Å². The molecular weight excluding hydrogens is 234 g/mol. The average molecular weight is 249 g/mol. The first-order valence-electron chi connectivity index (χ1n) is 5.27. The number of aryl methyl sites for hydroxylation is 2. The second-order valence-electron chi connectivity index (χ2n) is 3.70. The van der Waals surface area contributed by atoms with Gasteiger partial charge in [-0.3, -0.25) is 0 Å². The standard InChI is InChI=1S/C13H15NS2/c1-10-4-5-11(14)9-13(10)16-8-6-12-3-2-7-15-12/h2-5,7,9H,6,8,14H2,1H3. The SMILES string of the molecule is Cc1ccc(N)cc1SCCc1cccs1. The zero-order valence-electron chi connectivity index (χ0n) is 9.27. The van der Waals surface area contributed by atoms with Crippen molar-refractivity contribution in [3.63, 3.8) is 0 Å². The van der Waals surface area contributed by atoms with Gasteiger partial charge in [0.2, 0.25) is 0 Å². The van der Waals surface area contributed by atoms with Crippen molar-refractivity contribution in [3.05, 3.63) is 46.2 Å². The molecule has 1 aromatic carbocycles. The lowest BCUT2D eigenvalue weighted by molar-refractivity contribution is 1.19. The smallest absolute Gasteiger partial charge is 0.0325 e. The first-order valence-corrected chi connectivity index (χ1v) is 7.13. The lowest BCUT2D eigenvalue weighted by Gasteiger charge is -2.05. The number of thiophene rings is 1. The molecule has 2 N–H and O–H groups in total. The van der Waals surface area contributed by atoms with E-state index in [1.54, 1.807) is 0 Å². The molecule has 2 rings (SSSR count). The monoisotopic (exact) mass is 249 g/mol. The summed E-state index contributed by atoms with van der Waals surface area (Å²) in [4.78, 5) is 2.76. The Bertz CT molecular complexity index is 449. The molecule has 2 aromatic rings. The highest BCUT2D eigenvalue weighted by atomic mass is 32.2. The van der Waals surface area contributed by atoms with E-state index in [4.69, 9.17) is 5.73 Å². The van der Waals surface area contributed by atoms with Crippen LogP contribution in [0.2, 0.25) is 0 Å². The Morgan fingerprint density at radius 2 is 2.19 bits per heavy atom. The van der Waals surface area contributed by atoms with E-state index < -0.39 is 0 Å². The van der Waals surface area contributed by atoms with Gasteiger partial charge >= 0.3 is 0 Å². The Labute approximate surface area is 105 Å². The maximum absolute atomic E-state index is 5.78. The van der Waals surface area contributed by atoms with Crippen molar-refractivity contribution >= 4 is 28.8 Å². The summed E-state index contributed by atoms with van der Waals surface area (Å²) in [6.07, 6.45) is 1.14. The third-order valence-corrected chi connectivity index (χ3v) is 4.49. The quantitative estimate of drug-likeness (QED) is 0.655. The van der Waals surface area contributed by atoms with Crippen LogP contribution in [0.5, 0.6) is 0 Å². The molecule has 84 valence electrons. The topological polar surface area (TPSA) is 26.0 Å². The molecule has 1 nitrogen and oxygen atoms in total. The van der Waals surface area contributed by atoms with E-state index in [1.165, 1.54) is 15.3 Å². The van der Waals surface area contributed by atoms with Crippen LogP contribution in [0.3, 0.4) is 0 Å². The third kappa shape index (κ3) is 3.03. The molecule has 0 atom stereocenters. The van der Waals surface area contributed by atoms with Gasteiger partial charge in [0.15, 0.2) is 0 Å². The fraction of sp³-hybridized carbons (Fsp3) is 0.231. The van der Waals surface area contributed by atoms with E-state index in [0.29, 0.717) is 0 Å². The van der Waals surface area contributed by atoms with E-state index in [0.717, 1.165) is 17.9 Å². The molecule has 0 saturated heterocycles. The van der Waals surface area contributed by atoms with Crippen LogP contribution in [0, 0.1) is 6.92 Å². The van der Waals surface area contributed by atoms with Crippen molar-refractivity contribution < 1.29 is 0 Å². The van der Waals surface area contributed by atoms with Gasteiger partial charge < -0.3 is 5.73 Å². The second-order valence-corrected chi connectivity index (χ2v) is 5.87. The largest absolute Gasteiger partial charge is 0.399 e. The van der Waals surface area contributed by atoms with Gasteiger partial charge in [-0.1, -0.05) is 12.1 Å². The Morgan fingerprint density at radius 3 is 2.94 bits per heavy atom. The molecule has 3 heteroatoms. The number of nitrogens with two attached hydrogens (primary N) is 1. The summed E-state index contributed by atoms with van der Waals surface area (Å²) in [5.41, 5.74) is 7.94. The number of thioether (sulfide) groups is 1. The molecule has 16 heavy (non-hydrogen) atoms. The first-order chi connectivity index (χ1) is 7.75. The molecule has 1 heterocycles. The molecule has 0 unspecified atom stereocenters. The molecule has 0 fully saturated rings. The van der Waals surface area contributed by atoms with Gasteiger partial charge in [0, 0.05) is 21.2 Å². The normalized spacial score (nSPS) is 10.6. The molecule has 0 spiro atoms. The van der Waals surface area contributed by atoms with Crippen LogP contribution in [0.4, 0.5) is 5.69 Å². The molecule has 0 aliphatic rings. The molecule has 0 amide bonds. The summed E-state index contributed by atoms with van der Waals surface area (Å²) in [6.45, 7) is 2.13. The van der Waals surface area contributed by atoms with Gasteiger partial charge in [0.25, 0.3) is 0 Å². The lowest BCUT2D eigenvalue weighted by atomic mass is 10.2. The fourth-order valence-corrected chi connectivity index (χ4v) is 3.38. The van der Waals surface area contributed by atoms with Crippen LogP contribution < -0.4 is 5.73 Å². The molecule has 0 aliphatic carbocycles. The van der Waals surface area contributed by atoms with Crippen LogP contribution in [0.25, 0.3) is 0 Å². The maximum atomic E-state index is 5.78. The number of nitrogen functional groups attached to an aromatic ring is 1. The number of rotatable bonds is 4. The van der Waals surface area contributed by atoms with Crippen molar-refractivity contribution in [1.82, 2.24) is 0 Å². The molecule has 0 bridgehead atoms. The summed E-state index contributed by atoms with van der Waals surface area (Å²) in [5, 5.41) is 2.13. The number of anilines is 1. The molecule has 0 saturated carbocycles. The van der Waals surface area contributed by atoms with E-state index >= 15 is 0 Å². The van der Waals surface area contributed by atoms with Gasteiger partial charge in [-0.05, 0) is 42.5 Å². The number of hydrogen-bond acceptors (Lipinski definition) is 3. The average Bonchev–Trinajstić information content (AvgIpc) is 2.76. The predicted octanol–water partition coefficient (Wildman–Crippen LogP) is 3.97. The summed E-state index contributed by atoms with van der Waals surface area (Å²) >= 11 is 3.71. The Hall–Kier alpha value is -0.930. The highest BCUT2D eigenvalue weighted by Gasteiger charge is 2.00. The van der Waals surface area contributed by atoms with Gasteiger partial charge in [-0.15, -0.1) is 23.1 Å². The van der Waals surface area contributed by atoms with E-state index in [2.05, 4.69) is 36.6 Å². The number of benzene rings is 1. The minimum atomic E-state index is 0.851. The number of hydrogen-bond donors (Lipinski definition) is 1. The summed E-state index contributed by atoms with van der Waals surface area (Å²) in [7, 11) is 0. The van der Waals surface area contributed by atoms with Crippen molar-refractivity contribution in [2.24, 2.45) is 0 Å². The Balaban J connectivity index is 1.92. The highest BCUT2D eigenvalue weighted by molar-refractivity contribution is 7.99. The fourth-order valence-electron chi connectivity index (χ4n) is 1.49. The molecule has 1 aromatic heterocycles. The van der Waals surface area contributed by atoms with Crippen LogP contribution in [0.15, 0.2) is 40.6 Å². The van der Waals surface area contributed by atoms with Crippen molar-refractivity contribution in [2.75, 3.05) is 11.5 Å². The second kappa shape index (κ2) is 5.41. The summed E-state index contributed by atoms with van der Waals surface area (Å²) in [5.74, 6) is 1.12. The minimum Gasteiger partial charge on any atom is -0.399 e. The van der Waals surface area contributed by atoms with Gasteiger partial charge in [0.1, 0.15) is 0 Å². The van der Waals surface area contributed by atoms with Crippen LogP contribution in [-0.2, 0) is 6.42 Å². The van der Waals surface area contributed by atoms with Crippen LogP contribution in [-0.4, -0.2) is 5.75 Å². The van der Waals surface area contributed by atoms with Gasteiger partial charge in [0.05, 0.1) is 0 Å². The lowest BCUT2D eigenvalue weighted by Crippen LogP contribution is -1.89. The zero-order chi connectivity index (χ0) is 11.4. The van der Waals surface area contributed by atoms with Crippen molar-refractivity contribution in [1.29, 1.82) is 0 Å². The predicted molar refractivity (Wildman–Crippen MR) is 74.3 cm³/mol. The zero-order valence-corrected chi connectivity index (χ0v) is 10.9. The van der Waals surface area contributed by atoms with E-state index in [-0.39, 0.29) is 0 Å². The molecule has 0 aliphatic heterocycles. The molecular formula is C13H15NS2. The molecule has 0 radical (unpaired) electrons. The van der Waals surface area contributed by atoms with Crippen molar-refractivity contribution in [3.8, 4) is 0 Å². The third-order valence-electron chi connectivity index (χ3n) is 2.40. The maximum Gasteiger partial charge on any atom is 0.0325 e. The first kappa shape index (κ1) is 11.6. The van der Waals surface area contributed by atoms with E-state index in [1.807, 2.05) is 29.2 Å². The van der Waals surface area contributed by atoms with Crippen molar-refractivity contribution in [2.45, 2.75) is 18.2 Å². The summed E-state index contributed by atoms with van der Waals surface area (Å²) in [6, 6.07) is 10.4. The van der Waals surface area contributed by atoms with Gasteiger partial charge in [-0.25, -0.2) is 0 Å². The van der Waals surface area contributed by atoms with Crippen LogP contribution >= 0.6 is 23.1 Å². The minimum absolute atomic E-state index is 0.851. The Morgan fingerprint density at radius 1 is 1.31 bits per heavy atom. The van der Waals surface area contributed by atoms with E-state index in [9.17, 15) is 0 Å². The highest BCUT2D eigenvalue weighted by Crippen LogP contribution is 2.25. The summed E-state index contributed by atoms with van der Waals surface area (Å²) < 4.78 is 0. The van der Waals surface area contributed by atoms with Crippen LogP contribution in [0.1, 0.15) is 10.4 Å².